The third-order valence-corrected chi connectivity index (χ3v) is 2.98. The highest BCUT2D eigenvalue weighted by Gasteiger charge is 1.92. The van der Waals surface area contributed by atoms with Gasteiger partial charge in [-0.15, -0.1) is 12.6 Å². The van der Waals surface area contributed by atoms with Crippen LogP contribution in [0.4, 0.5) is 0 Å². The van der Waals surface area contributed by atoms with Crippen molar-refractivity contribution in [2.45, 2.75) is 51.4 Å². The van der Waals surface area contributed by atoms with Gasteiger partial charge in [-0.1, -0.05) is 50.7 Å². The maximum atomic E-state index is 4.80. The molecule has 4 heteroatoms. The predicted octanol–water partition coefficient (Wildman–Crippen LogP) is 3.84. The molecule has 0 aromatic rings. The van der Waals surface area contributed by atoms with Gasteiger partial charge in [0, 0.05) is 6.54 Å². The van der Waals surface area contributed by atoms with E-state index in [4.69, 9.17) is 12.2 Å². The Labute approximate surface area is 111 Å². The quantitative estimate of drug-likeness (QED) is 0.315. The van der Waals surface area contributed by atoms with Gasteiger partial charge in [-0.25, -0.2) is 0 Å². The van der Waals surface area contributed by atoms with E-state index in [1.807, 2.05) is 0 Å². The van der Waals surface area contributed by atoms with Gasteiger partial charge in [-0.05, 0) is 18.6 Å². The molecule has 0 radical (unpaired) electrons. The van der Waals surface area contributed by atoms with Crippen molar-refractivity contribution < 1.29 is 0 Å². The van der Waals surface area contributed by atoms with Crippen LogP contribution in [0.25, 0.3) is 0 Å². The third-order valence-electron chi connectivity index (χ3n) is 2.36. The molecule has 0 bridgehead atoms. The second-order valence-corrected chi connectivity index (χ2v) is 5.39. The van der Waals surface area contributed by atoms with E-state index in [9.17, 15) is 0 Å². The van der Waals surface area contributed by atoms with Crippen LogP contribution in [0.15, 0.2) is 0 Å². The number of unbranched alkanes of at least 4 members (excludes halogenated alkanes) is 7. The fraction of sp³-hybridized carbons (Fsp3) is 0.909. The molecule has 0 aliphatic heterocycles. The number of hydrogen-bond acceptors (Lipinski definition) is 2. The first kappa shape index (κ1) is 15.6. The fourth-order valence-corrected chi connectivity index (χ4v) is 1.93. The molecule has 0 amide bonds. The molecule has 1 nitrogen and oxygen atoms in total. The Hall–Kier alpha value is 0.590. The summed E-state index contributed by atoms with van der Waals surface area (Å²) >= 11 is 13.0. The van der Waals surface area contributed by atoms with E-state index in [1.54, 1.807) is 0 Å². The van der Waals surface area contributed by atoms with Gasteiger partial charge in [-0.2, -0.15) is 12.6 Å². The summed E-state index contributed by atoms with van der Waals surface area (Å²) in [6, 6.07) is 0. The van der Waals surface area contributed by atoms with Gasteiger partial charge in [0.05, 0.1) is 0 Å². The van der Waals surface area contributed by atoms with E-state index >= 15 is 0 Å². The van der Waals surface area contributed by atoms with Crippen molar-refractivity contribution in [2.75, 3.05) is 12.3 Å². The molecule has 15 heavy (non-hydrogen) atoms. The minimum Gasteiger partial charge on any atom is -0.371 e. The first-order chi connectivity index (χ1) is 7.27. The molecule has 0 atom stereocenters. The van der Waals surface area contributed by atoms with Gasteiger partial charge in [0.15, 0.2) is 0 Å². The average molecular weight is 266 g/mol. The summed E-state index contributed by atoms with van der Waals surface area (Å²) < 4.78 is 0.613. The minimum atomic E-state index is 0.613. The molecule has 0 fully saturated rings. The summed E-state index contributed by atoms with van der Waals surface area (Å²) in [5, 5.41) is 3.05. The van der Waals surface area contributed by atoms with E-state index in [0.29, 0.717) is 4.32 Å². The lowest BCUT2D eigenvalue weighted by molar-refractivity contribution is 0.575. The van der Waals surface area contributed by atoms with Crippen LogP contribution in [-0.4, -0.2) is 16.6 Å². The Morgan fingerprint density at radius 2 is 1.33 bits per heavy atom. The van der Waals surface area contributed by atoms with Crippen LogP contribution in [0.3, 0.4) is 0 Å². The lowest BCUT2D eigenvalue weighted by Crippen LogP contribution is -2.17. The summed E-state index contributed by atoms with van der Waals surface area (Å²) in [6.45, 7) is 0.974. The number of thiol groups is 2. The lowest BCUT2D eigenvalue weighted by Gasteiger charge is -2.03. The normalized spacial score (nSPS) is 10.3. The summed E-state index contributed by atoms with van der Waals surface area (Å²) in [5.41, 5.74) is 0. The van der Waals surface area contributed by atoms with E-state index in [0.717, 1.165) is 12.3 Å². The first-order valence-electron chi connectivity index (χ1n) is 5.85. The number of thiocarbonyl (C=S) groups is 1. The van der Waals surface area contributed by atoms with Crippen LogP contribution in [-0.2, 0) is 0 Å². The molecule has 0 aromatic carbocycles. The van der Waals surface area contributed by atoms with Crippen molar-refractivity contribution in [3.63, 3.8) is 0 Å². The fourth-order valence-electron chi connectivity index (χ4n) is 1.49. The van der Waals surface area contributed by atoms with Crippen LogP contribution in [0.1, 0.15) is 51.4 Å². The second-order valence-electron chi connectivity index (χ2n) is 3.78. The van der Waals surface area contributed by atoms with Gasteiger partial charge in [0.1, 0.15) is 4.32 Å². The molecule has 0 heterocycles. The van der Waals surface area contributed by atoms with E-state index in [1.165, 1.54) is 51.4 Å². The van der Waals surface area contributed by atoms with Crippen molar-refractivity contribution in [3.05, 3.63) is 0 Å². The minimum absolute atomic E-state index is 0.613. The molecule has 1 N–H and O–H groups in total. The van der Waals surface area contributed by atoms with Gasteiger partial charge in [0.2, 0.25) is 0 Å². The molecule has 0 aliphatic rings. The van der Waals surface area contributed by atoms with Crippen molar-refractivity contribution in [1.29, 1.82) is 0 Å². The third kappa shape index (κ3) is 14.6. The molecule has 0 saturated carbocycles. The number of rotatable bonds is 10. The smallest absolute Gasteiger partial charge is 0.130 e. The van der Waals surface area contributed by atoms with Crippen LogP contribution >= 0.6 is 37.5 Å². The predicted molar refractivity (Wildman–Crippen MR) is 80.4 cm³/mol. The summed E-state index contributed by atoms with van der Waals surface area (Å²) in [5.74, 6) is 1.04. The summed E-state index contributed by atoms with van der Waals surface area (Å²) in [4.78, 5) is 0. The van der Waals surface area contributed by atoms with Gasteiger partial charge in [-0.3, -0.25) is 0 Å². The van der Waals surface area contributed by atoms with Crippen molar-refractivity contribution in [3.8, 4) is 0 Å². The van der Waals surface area contributed by atoms with E-state index < -0.39 is 0 Å². The molecule has 0 saturated heterocycles. The zero-order valence-electron chi connectivity index (χ0n) is 9.37. The molecular weight excluding hydrogens is 242 g/mol. The topological polar surface area (TPSA) is 12.0 Å². The van der Waals surface area contributed by atoms with Crippen LogP contribution in [0.2, 0.25) is 0 Å². The lowest BCUT2D eigenvalue weighted by atomic mass is 10.1. The highest BCUT2D eigenvalue weighted by Crippen LogP contribution is 2.08. The number of hydrogen-bond donors (Lipinski definition) is 3. The summed E-state index contributed by atoms with van der Waals surface area (Å²) in [7, 11) is 0. The Bertz CT molecular complexity index is 151. The van der Waals surface area contributed by atoms with Crippen molar-refractivity contribution in [1.82, 2.24) is 5.32 Å². The molecule has 0 aliphatic carbocycles. The van der Waals surface area contributed by atoms with E-state index in [-0.39, 0.29) is 0 Å². The van der Waals surface area contributed by atoms with Crippen LogP contribution in [0, 0.1) is 0 Å². The molecule has 0 rings (SSSR count). The van der Waals surface area contributed by atoms with Gasteiger partial charge >= 0.3 is 0 Å². The average Bonchev–Trinajstić information content (AvgIpc) is 2.20. The maximum absolute atomic E-state index is 4.80. The van der Waals surface area contributed by atoms with Crippen LogP contribution in [0.5, 0.6) is 0 Å². The number of nitrogens with one attached hydrogen (secondary N) is 1. The van der Waals surface area contributed by atoms with Gasteiger partial charge < -0.3 is 5.32 Å². The zero-order valence-corrected chi connectivity index (χ0v) is 12.0. The largest absolute Gasteiger partial charge is 0.371 e. The van der Waals surface area contributed by atoms with Gasteiger partial charge in [0.25, 0.3) is 0 Å². The van der Waals surface area contributed by atoms with Crippen molar-refractivity contribution in [2.24, 2.45) is 0 Å². The highest BCUT2D eigenvalue weighted by atomic mass is 32.1. The van der Waals surface area contributed by atoms with E-state index in [2.05, 4.69) is 30.6 Å². The summed E-state index contributed by atoms with van der Waals surface area (Å²) in [6.07, 6.45) is 10.6. The standard InChI is InChI=1S/C11H23NS3/c13-10-8-6-4-2-1-3-5-7-9-12-11(14)15/h13H,1-10H2,(H2,12,14,15). The second kappa shape index (κ2) is 12.7. The Kier molecular flexibility index (Phi) is 13.2. The highest BCUT2D eigenvalue weighted by molar-refractivity contribution is 8.11. The molecule has 0 unspecified atom stereocenters. The Balaban J connectivity index is 2.89. The zero-order chi connectivity index (χ0) is 11.4. The SMILES string of the molecule is S=C(S)NCCCCCCCCCCS. The molecular formula is C11H23NS3. The molecule has 90 valence electrons. The Morgan fingerprint density at radius 1 is 0.867 bits per heavy atom. The van der Waals surface area contributed by atoms with Crippen molar-refractivity contribution >= 4 is 41.8 Å². The first-order valence-corrected chi connectivity index (χ1v) is 7.34. The molecule has 0 spiro atoms. The monoisotopic (exact) mass is 265 g/mol. The maximum Gasteiger partial charge on any atom is 0.130 e. The molecule has 0 aromatic heterocycles. The van der Waals surface area contributed by atoms with Crippen LogP contribution < -0.4 is 5.32 Å². The Morgan fingerprint density at radius 3 is 1.80 bits per heavy atom.